The number of hydrogen-bond acceptors (Lipinski definition) is 4. The van der Waals surface area contributed by atoms with Crippen LogP contribution in [0, 0.1) is 6.92 Å². The molecule has 0 atom stereocenters. The highest BCUT2D eigenvalue weighted by atomic mass is 16.5. The molecule has 0 aliphatic carbocycles. The largest absolute Gasteiger partial charge is 0.508 e. The second-order valence-corrected chi connectivity index (χ2v) is 4.54. The second-order valence-electron chi connectivity index (χ2n) is 4.54. The number of likely N-dealkylation sites (N-methyl/N-ethyl adjacent to an activating group) is 1. The summed E-state index contributed by atoms with van der Waals surface area (Å²) >= 11 is 0. The van der Waals surface area contributed by atoms with E-state index in [0.29, 0.717) is 12.3 Å². The molecule has 0 spiro atoms. The number of carbonyl (C=O) groups is 1. The first-order chi connectivity index (χ1) is 9.54. The lowest BCUT2D eigenvalue weighted by Crippen LogP contribution is -2.30. The van der Waals surface area contributed by atoms with Gasteiger partial charge in [-0.15, -0.1) is 0 Å². The molecule has 0 radical (unpaired) electrons. The van der Waals surface area contributed by atoms with Crippen molar-refractivity contribution in [3.63, 3.8) is 0 Å². The van der Waals surface area contributed by atoms with Crippen molar-refractivity contribution in [3.05, 3.63) is 47.9 Å². The van der Waals surface area contributed by atoms with Crippen molar-refractivity contribution in [1.29, 1.82) is 0 Å². The average Bonchev–Trinajstić information content (AvgIpc) is 2.83. The van der Waals surface area contributed by atoms with Crippen molar-refractivity contribution in [2.45, 2.75) is 13.5 Å². The van der Waals surface area contributed by atoms with Crippen LogP contribution in [0.3, 0.4) is 0 Å². The van der Waals surface area contributed by atoms with Crippen molar-refractivity contribution in [2.75, 3.05) is 13.7 Å². The van der Waals surface area contributed by atoms with E-state index < -0.39 is 0 Å². The molecule has 0 fully saturated rings. The van der Waals surface area contributed by atoms with Crippen molar-refractivity contribution >= 4 is 5.91 Å². The van der Waals surface area contributed by atoms with Gasteiger partial charge in [0.2, 0.25) is 0 Å². The Kier molecular flexibility index (Phi) is 4.30. The van der Waals surface area contributed by atoms with Gasteiger partial charge in [-0.05, 0) is 43.3 Å². The quantitative estimate of drug-likeness (QED) is 0.909. The van der Waals surface area contributed by atoms with Gasteiger partial charge >= 0.3 is 0 Å². The van der Waals surface area contributed by atoms with Crippen LogP contribution < -0.4 is 4.74 Å². The van der Waals surface area contributed by atoms with E-state index in [1.54, 1.807) is 24.1 Å². The summed E-state index contributed by atoms with van der Waals surface area (Å²) in [4.78, 5) is 13.4. The van der Waals surface area contributed by atoms with Crippen LogP contribution in [-0.2, 0) is 11.3 Å². The molecule has 1 aromatic carbocycles. The number of amides is 1. The SMILES string of the molecule is Cc1ccc(CN(C)C(=O)COc2ccc(O)cc2)o1. The molecule has 0 aliphatic heterocycles. The Morgan fingerprint density at radius 1 is 1.25 bits per heavy atom. The molecule has 0 unspecified atom stereocenters. The lowest BCUT2D eigenvalue weighted by Gasteiger charge is -2.16. The van der Waals surface area contributed by atoms with Gasteiger partial charge in [-0.3, -0.25) is 4.79 Å². The number of rotatable bonds is 5. The van der Waals surface area contributed by atoms with Gasteiger partial charge < -0.3 is 19.2 Å². The topological polar surface area (TPSA) is 62.9 Å². The maximum absolute atomic E-state index is 11.9. The number of benzene rings is 1. The summed E-state index contributed by atoms with van der Waals surface area (Å²) in [6, 6.07) is 9.95. The minimum atomic E-state index is -0.146. The number of aryl methyl sites for hydroxylation is 1. The van der Waals surface area contributed by atoms with E-state index in [-0.39, 0.29) is 18.3 Å². The minimum absolute atomic E-state index is 0.0546. The summed E-state index contributed by atoms with van der Waals surface area (Å²) in [5.41, 5.74) is 0. The second kappa shape index (κ2) is 6.14. The van der Waals surface area contributed by atoms with Crippen LogP contribution in [-0.4, -0.2) is 29.6 Å². The lowest BCUT2D eigenvalue weighted by atomic mass is 10.3. The molecular weight excluding hydrogens is 258 g/mol. The summed E-state index contributed by atoms with van der Waals surface area (Å²) in [5, 5.41) is 9.15. The maximum Gasteiger partial charge on any atom is 0.260 e. The van der Waals surface area contributed by atoms with Gasteiger partial charge in [0.1, 0.15) is 23.0 Å². The van der Waals surface area contributed by atoms with Crippen LogP contribution >= 0.6 is 0 Å². The molecule has 0 bridgehead atoms. The predicted octanol–water partition coefficient (Wildman–Crippen LogP) is 2.33. The first-order valence-electron chi connectivity index (χ1n) is 6.25. The summed E-state index contributed by atoms with van der Waals surface area (Å²) in [6.45, 7) is 2.21. The molecule has 1 aromatic heterocycles. The number of phenols is 1. The predicted molar refractivity (Wildman–Crippen MR) is 73.5 cm³/mol. The van der Waals surface area contributed by atoms with Crippen molar-refractivity contribution in [2.24, 2.45) is 0 Å². The third-order valence-electron chi connectivity index (χ3n) is 2.81. The Morgan fingerprint density at radius 3 is 2.55 bits per heavy atom. The Balaban J connectivity index is 1.83. The standard InChI is InChI=1S/C15H17NO4/c1-11-3-6-14(20-11)9-16(2)15(18)10-19-13-7-4-12(17)5-8-13/h3-8,17H,9-10H2,1-2H3. The van der Waals surface area contributed by atoms with Gasteiger partial charge in [-0.25, -0.2) is 0 Å². The minimum Gasteiger partial charge on any atom is -0.508 e. The average molecular weight is 275 g/mol. The molecule has 106 valence electrons. The highest BCUT2D eigenvalue weighted by Gasteiger charge is 2.12. The number of furan rings is 1. The molecule has 0 saturated heterocycles. The van der Waals surface area contributed by atoms with Crippen LogP contribution in [0.1, 0.15) is 11.5 Å². The normalized spacial score (nSPS) is 10.3. The first kappa shape index (κ1) is 14.0. The summed E-state index contributed by atoms with van der Waals surface area (Å²) in [5.74, 6) is 2.11. The van der Waals surface area contributed by atoms with Crippen LogP contribution in [0.4, 0.5) is 0 Å². The van der Waals surface area contributed by atoms with E-state index in [1.165, 1.54) is 12.1 Å². The van der Waals surface area contributed by atoms with Gasteiger partial charge in [0.05, 0.1) is 6.54 Å². The fourth-order valence-corrected chi connectivity index (χ4v) is 1.69. The number of carbonyl (C=O) groups excluding carboxylic acids is 1. The first-order valence-corrected chi connectivity index (χ1v) is 6.25. The summed E-state index contributed by atoms with van der Waals surface area (Å²) in [7, 11) is 1.69. The number of ether oxygens (including phenoxy) is 1. The third kappa shape index (κ3) is 3.78. The van der Waals surface area contributed by atoms with Crippen molar-refractivity contribution in [3.8, 4) is 11.5 Å². The zero-order valence-electron chi connectivity index (χ0n) is 11.5. The molecule has 5 heteroatoms. The Bertz CT molecular complexity index is 574. The van der Waals surface area contributed by atoms with E-state index in [2.05, 4.69) is 0 Å². The number of nitrogens with zero attached hydrogens (tertiary/aromatic N) is 1. The molecule has 0 saturated carbocycles. The molecule has 2 aromatic rings. The van der Waals surface area contributed by atoms with E-state index >= 15 is 0 Å². The molecule has 1 amide bonds. The molecule has 20 heavy (non-hydrogen) atoms. The molecule has 1 heterocycles. The Morgan fingerprint density at radius 2 is 1.95 bits per heavy atom. The molecule has 0 aliphatic rings. The zero-order chi connectivity index (χ0) is 14.5. The third-order valence-corrected chi connectivity index (χ3v) is 2.81. The molecule has 2 rings (SSSR count). The zero-order valence-corrected chi connectivity index (χ0v) is 11.5. The number of hydrogen-bond donors (Lipinski definition) is 1. The Hall–Kier alpha value is -2.43. The fraction of sp³-hybridized carbons (Fsp3) is 0.267. The van der Waals surface area contributed by atoms with Crippen LogP contribution in [0.5, 0.6) is 11.5 Å². The summed E-state index contributed by atoms with van der Waals surface area (Å²) in [6.07, 6.45) is 0. The monoisotopic (exact) mass is 275 g/mol. The van der Waals surface area contributed by atoms with E-state index in [0.717, 1.165) is 11.5 Å². The van der Waals surface area contributed by atoms with Gasteiger partial charge in [-0.2, -0.15) is 0 Å². The maximum atomic E-state index is 11.9. The Labute approximate surface area is 117 Å². The van der Waals surface area contributed by atoms with Gasteiger partial charge in [-0.1, -0.05) is 0 Å². The van der Waals surface area contributed by atoms with Crippen molar-refractivity contribution < 1.29 is 19.1 Å². The van der Waals surface area contributed by atoms with Gasteiger partial charge in [0.25, 0.3) is 5.91 Å². The van der Waals surface area contributed by atoms with Crippen LogP contribution in [0.15, 0.2) is 40.8 Å². The highest BCUT2D eigenvalue weighted by molar-refractivity contribution is 5.77. The molecule has 5 nitrogen and oxygen atoms in total. The fourth-order valence-electron chi connectivity index (χ4n) is 1.69. The molecular formula is C15H17NO4. The van der Waals surface area contributed by atoms with Crippen LogP contribution in [0.2, 0.25) is 0 Å². The van der Waals surface area contributed by atoms with Crippen molar-refractivity contribution in [1.82, 2.24) is 4.90 Å². The van der Waals surface area contributed by atoms with E-state index in [4.69, 9.17) is 14.3 Å². The lowest BCUT2D eigenvalue weighted by molar-refractivity contribution is -0.132. The van der Waals surface area contributed by atoms with E-state index in [9.17, 15) is 4.79 Å². The smallest absolute Gasteiger partial charge is 0.260 e. The van der Waals surface area contributed by atoms with Crippen LogP contribution in [0.25, 0.3) is 0 Å². The van der Waals surface area contributed by atoms with Gasteiger partial charge in [0.15, 0.2) is 6.61 Å². The number of aromatic hydroxyl groups is 1. The summed E-state index contributed by atoms with van der Waals surface area (Å²) < 4.78 is 10.8. The van der Waals surface area contributed by atoms with Gasteiger partial charge in [0, 0.05) is 7.05 Å². The highest BCUT2D eigenvalue weighted by Crippen LogP contribution is 2.16. The molecule has 1 N–H and O–H groups in total. The number of phenolic OH excluding ortho intramolecular Hbond substituents is 1. The van der Waals surface area contributed by atoms with E-state index in [1.807, 2.05) is 19.1 Å².